The summed E-state index contributed by atoms with van der Waals surface area (Å²) in [6.45, 7) is 0.435. The highest BCUT2D eigenvalue weighted by Gasteiger charge is 2.19. The van der Waals surface area contributed by atoms with E-state index in [0.717, 1.165) is 0 Å². The van der Waals surface area contributed by atoms with Crippen molar-refractivity contribution >= 4 is 11.6 Å². The zero-order valence-corrected chi connectivity index (χ0v) is 17.3. The summed E-state index contributed by atoms with van der Waals surface area (Å²) in [5.41, 5.74) is 2.80. The molecule has 1 amide bonds. The van der Waals surface area contributed by atoms with E-state index < -0.39 is 4.92 Å². The molecule has 32 heavy (non-hydrogen) atoms. The number of rotatable bonds is 8. The molecule has 7 heteroatoms. The number of carbonyl (C=O) groups is 1. The highest BCUT2D eigenvalue weighted by Crippen LogP contribution is 2.28. The highest BCUT2D eigenvalue weighted by atomic mass is 16.6. The van der Waals surface area contributed by atoms with Crippen LogP contribution in [0.1, 0.15) is 33.8 Å². The third-order valence-corrected chi connectivity index (χ3v) is 5.34. The van der Waals surface area contributed by atoms with Gasteiger partial charge in [0.25, 0.3) is 11.6 Å². The Morgan fingerprint density at radius 1 is 1.00 bits per heavy atom. The van der Waals surface area contributed by atoms with Crippen LogP contribution in [0.5, 0.6) is 0 Å². The number of imidazole rings is 1. The molecule has 0 saturated heterocycles. The predicted molar refractivity (Wildman–Crippen MR) is 122 cm³/mol. The van der Waals surface area contributed by atoms with Crippen molar-refractivity contribution in [1.82, 2.24) is 14.9 Å². The summed E-state index contributed by atoms with van der Waals surface area (Å²) in [6.07, 6.45) is 5.35. The first-order valence-corrected chi connectivity index (χ1v) is 10.3. The number of nitrogens with zero attached hydrogens (tertiary/aromatic N) is 3. The molecule has 0 aliphatic carbocycles. The molecule has 1 N–H and O–H groups in total. The molecule has 0 fully saturated rings. The minimum atomic E-state index is -0.493. The Hall–Kier alpha value is -4.26. The summed E-state index contributed by atoms with van der Waals surface area (Å²) in [7, 11) is 0. The van der Waals surface area contributed by atoms with E-state index >= 15 is 0 Å². The molecule has 0 aliphatic rings. The molecule has 0 atom stereocenters. The summed E-state index contributed by atoms with van der Waals surface area (Å²) in [4.78, 5) is 27.7. The van der Waals surface area contributed by atoms with Crippen LogP contribution in [0.25, 0.3) is 5.69 Å². The lowest BCUT2D eigenvalue weighted by Crippen LogP contribution is -2.26. The lowest BCUT2D eigenvalue weighted by atomic mass is 9.88. The zero-order chi connectivity index (χ0) is 22.3. The van der Waals surface area contributed by atoms with Gasteiger partial charge in [-0.2, -0.15) is 0 Å². The fourth-order valence-electron chi connectivity index (χ4n) is 3.76. The predicted octanol–water partition coefficient (Wildman–Crippen LogP) is 4.73. The molecular formula is C25H22N4O3. The van der Waals surface area contributed by atoms with Gasteiger partial charge in [0.2, 0.25) is 0 Å². The van der Waals surface area contributed by atoms with Gasteiger partial charge >= 0.3 is 0 Å². The van der Waals surface area contributed by atoms with Gasteiger partial charge < -0.3 is 9.88 Å². The van der Waals surface area contributed by atoms with Crippen LogP contribution in [0.15, 0.2) is 97.6 Å². The van der Waals surface area contributed by atoms with Gasteiger partial charge in [-0.1, -0.05) is 60.7 Å². The lowest BCUT2D eigenvalue weighted by molar-refractivity contribution is -0.384. The Labute approximate surface area is 185 Å². The average molecular weight is 426 g/mol. The maximum absolute atomic E-state index is 12.7. The third-order valence-electron chi connectivity index (χ3n) is 5.34. The van der Waals surface area contributed by atoms with Crippen molar-refractivity contribution < 1.29 is 9.72 Å². The number of benzene rings is 3. The fourth-order valence-corrected chi connectivity index (χ4v) is 3.76. The van der Waals surface area contributed by atoms with Crippen LogP contribution in [0.3, 0.4) is 0 Å². The van der Waals surface area contributed by atoms with Gasteiger partial charge in [0.05, 0.1) is 11.3 Å². The second-order valence-corrected chi connectivity index (χ2v) is 7.35. The smallest absolute Gasteiger partial charge is 0.294 e. The van der Waals surface area contributed by atoms with E-state index in [1.165, 1.54) is 23.5 Å². The first-order valence-electron chi connectivity index (χ1n) is 10.3. The summed E-state index contributed by atoms with van der Waals surface area (Å²) in [5.74, 6) is -0.208. The van der Waals surface area contributed by atoms with Crippen molar-refractivity contribution in [2.75, 3.05) is 6.54 Å². The number of hydrogen-bond acceptors (Lipinski definition) is 4. The number of nitro benzene ring substituents is 1. The fraction of sp³-hybridized carbons (Fsp3) is 0.120. The Kier molecular flexibility index (Phi) is 6.36. The van der Waals surface area contributed by atoms with E-state index in [0.29, 0.717) is 18.7 Å². The average Bonchev–Trinajstić information content (AvgIpc) is 3.37. The van der Waals surface area contributed by atoms with Crippen LogP contribution in [0, 0.1) is 10.1 Å². The number of carbonyl (C=O) groups excluding carboxylic acids is 1. The molecule has 160 valence electrons. The first-order chi connectivity index (χ1) is 15.6. The van der Waals surface area contributed by atoms with Crippen molar-refractivity contribution in [3.63, 3.8) is 0 Å². The van der Waals surface area contributed by atoms with Gasteiger partial charge in [-0.05, 0) is 29.7 Å². The molecule has 0 saturated carbocycles. The minimum absolute atomic E-state index is 0.135. The topological polar surface area (TPSA) is 90.1 Å². The number of amides is 1. The quantitative estimate of drug-likeness (QED) is 0.326. The summed E-state index contributed by atoms with van der Waals surface area (Å²) in [6, 6.07) is 24.8. The maximum Gasteiger partial charge on any atom is 0.294 e. The van der Waals surface area contributed by atoms with Crippen molar-refractivity contribution in [3.8, 4) is 5.69 Å². The highest BCUT2D eigenvalue weighted by molar-refractivity contribution is 5.95. The van der Waals surface area contributed by atoms with Gasteiger partial charge in [0.15, 0.2) is 0 Å². The molecule has 4 aromatic rings. The van der Waals surface area contributed by atoms with E-state index in [9.17, 15) is 14.9 Å². The Balaban J connectivity index is 1.48. The van der Waals surface area contributed by atoms with Crippen LogP contribution in [-0.2, 0) is 0 Å². The van der Waals surface area contributed by atoms with Crippen molar-refractivity contribution in [2.24, 2.45) is 0 Å². The molecule has 0 radical (unpaired) electrons. The van der Waals surface area contributed by atoms with E-state index in [1.54, 1.807) is 29.1 Å². The lowest BCUT2D eigenvalue weighted by Gasteiger charge is -2.18. The van der Waals surface area contributed by atoms with Crippen LogP contribution >= 0.6 is 0 Å². The summed E-state index contributed by atoms with van der Waals surface area (Å²) >= 11 is 0. The van der Waals surface area contributed by atoms with E-state index in [4.69, 9.17) is 0 Å². The van der Waals surface area contributed by atoms with Crippen LogP contribution < -0.4 is 5.32 Å². The standard InChI is InChI=1S/C25H22N4O3/c30-25(21-11-12-23(24(17-21)29(31)32)28-16-15-26-18-28)27-14-13-22(19-7-3-1-4-8-19)20-9-5-2-6-10-20/h1-12,15-18,22H,13-14H2,(H,27,30). The second-order valence-electron chi connectivity index (χ2n) is 7.35. The number of nitro groups is 1. The van der Waals surface area contributed by atoms with E-state index in [-0.39, 0.29) is 23.1 Å². The summed E-state index contributed by atoms with van der Waals surface area (Å²) < 4.78 is 1.55. The Bertz CT molecular complexity index is 1150. The minimum Gasteiger partial charge on any atom is -0.352 e. The molecule has 0 bridgehead atoms. The second kappa shape index (κ2) is 9.70. The van der Waals surface area contributed by atoms with Gasteiger partial charge in [0, 0.05) is 36.5 Å². The normalized spacial score (nSPS) is 10.8. The van der Waals surface area contributed by atoms with Crippen LogP contribution in [-0.4, -0.2) is 26.9 Å². The molecular weight excluding hydrogens is 404 g/mol. The number of aromatic nitrogens is 2. The largest absolute Gasteiger partial charge is 0.352 e. The van der Waals surface area contributed by atoms with E-state index in [2.05, 4.69) is 34.6 Å². The van der Waals surface area contributed by atoms with Gasteiger partial charge in [-0.25, -0.2) is 4.98 Å². The first kappa shape index (κ1) is 21.0. The molecule has 0 unspecified atom stereocenters. The molecule has 3 aromatic carbocycles. The Morgan fingerprint density at radius 2 is 1.66 bits per heavy atom. The Morgan fingerprint density at radius 3 is 2.22 bits per heavy atom. The molecule has 1 aromatic heterocycles. The zero-order valence-electron chi connectivity index (χ0n) is 17.3. The van der Waals surface area contributed by atoms with Gasteiger partial charge in [-0.3, -0.25) is 14.9 Å². The summed E-state index contributed by atoms with van der Waals surface area (Å²) in [5, 5.41) is 14.5. The molecule has 0 spiro atoms. The number of hydrogen-bond donors (Lipinski definition) is 1. The monoisotopic (exact) mass is 426 g/mol. The molecule has 0 aliphatic heterocycles. The van der Waals surface area contributed by atoms with Crippen molar-refractivity contribution in [3.05, 3.63) is 124 Å². The van der Waals surface area contributed by atoms with Crippen molar-refractivity contribution in [2.45, 2.75) is 12.3 Å². The maximum atomic E-state index is 12.7. The van der Waals surface area contributed by atoms with Crippen LogP contribution in [0.2, 0.25) is 0 Å². The van der Waals surface area contributed by atoms with Gasteiger partial charge in [0.1, 0.15) is 5.69 Å². The third kappa shape index (κ3) is 4.73. The molecule has 7 nitrogen and oxygen atoms in total. The van der Waals surface area contributed by atoms with Crippen LogP contribution in [0.4, 0.5) is 5.69 Å². The molecule has 4 rings (SSSR count). The van der Waals surface area contributed by atoms with Crippen molar-refractivity contribution in [1.29, 1.82) is 0 Å². The SMILES string of the molecule is O=C(NCCC(c1ccccc1)c1ccccc1)c1ccc(-n2ccnc2)c([N+](=O)[O-])c1. The van der Waals surface area contributed by atoms with Gasteiger partial charge in [-0.15, -0.1) is 0 Å². The number of nitrogens with one attached hydrogen (secondary N) is 1. The molecule has 1 heterocycles. The van der Waals surface area contributed by atoms with E-state index in [1.807, 2.05) is 36.4 Å².